The van der Waals surface area contributed by atoms with Crippen LogP contribution < -0.4 is 4.90 Å². The van der Waals surface area contributed by atoms with Crippen LogP contribution in [0, 0.1) is 5.92 Å². The van der Waals surface area contributed by atoms with E-state index in [1.807, 2.05) is 0 Å². The van der Waals surface area contributed by atoms with Crippen LogP contribution in [0.3, 0.4) is 0 Å². The van der Waals surface area contributed by atoms with E-state index in [4.69, 9.17) is 0 Å². The van der Waals surface area contributed by atoms with Crippen LogP contribution in [0.25, 0.3) is 0 Å². The van der Waals surface area contributed by atoms with Crippen LogP contribution in [0.15, 0.2) is 54.6 Å². The molecular weight excluding hydrogens is 254 g/mol. The molecule has 0 N–H and O–H groups in total. The summed E-state index contributed by atoms with van der Waals surface area (Å²) in [5.41, 5.74) is 4.44. The van der Waals surface area contributed by atoms with Crippen molar-refractivity contribution in [1.82, 2.24) is 0 Å². The van der Waals surface area contributed by atoms with Crippen molar-refractivity contribution in [3.63, 3.8) is 0 Å². The quantitative estimate of drug-likeness (QED) is 0.766. The maximum absolute atomic E-state index is 2.62. The van der Waals surface area contributed by atoms with Gasteiger partial charge in [0.1, 0.15) is 0 Å². The minimum absolute atomic E-state index is 0.614. The number of nitrogens with zero attached hydrogens (tertiary/aromatic N) is 1. The van der Waals surface area contributed by atoms with E-state index in [1.54, 1.807) is 0 Å². The van der Waals surface area contributed by atoms with Crippen molar-refractivity contribution in [2.24, 2.45) is 5.92 Å². The van der Waals surface area contributed by atoms with Gasteiger partial charge in [-0.3, -0.25) is 0 Å². The number of hydrogen-bond donors (Lipinski definition) is 0. The first kappa shape index (κ1) is 14.2. The highest BCUT2D eigenvalue weighted by Gasteiger charge is 2.26. The molecule has 0 unspecified atom stereocenters. The second-order valence-corrected chi connectivity index (χ2v) is 6.54. The smallest absolute Gasteiger partial charge is 0.0370 e. The summed E-state index contributed by atoms with van der Waals surface area (Å²) >= 11 is 0. The molecule has 0 spiro atoms. The van der Waals surface area contributed by atoms with Crippen LogP contribution in [0.1, 0.15) is 31.4 Å². The van der Waals surface area contributed by atoms with Gasteiger partial charge in [0.05, 0.1) is 0 Å². The first-order valence-electron chi connectivity index (χ1n) is 8.12. The van der Waals surface area contributed by atoms with Crippen molar-refractivity contribution in [3.8, 4) is 0 Å². The van der Waals surface area contributed by atoms with Gasteiger partial charge in [-0.25, -0.2) is 0 Å². The molecule has 0 saturated carbocycles. The van der Waals surface area contributed by atoms with E-state index >= 15 is 0 Å². The lowest BCUT2D eigenvalue weighted by atomic mass is 10.1. The number of benzene rings is 2. The third kappa shape index (κ3) is 3.29. The van der Waals surface area contributed by atoms with Crippen molar-refractivity contribution < 1.29 is 0 Å². The Kier molecular flexibility index (Phi) is 4.28. The molecule has 0 aromatic heterocycles. The van der Waals surface area contributed by atoms with Gasteiger partial charge in [-0.2, -0.15) is 0 Å². The van der Waals surface area contributed by atoms with E-state index in [1.165, 1.54) is 36.1 Å². The third-order valence-corrected chi connectivity index (χ3v) is 4.51. The maximum atomic E-state index is 2.62. The fourth-order valence-corrected chi connectivity index (χ4v) is 3.30. The van der Waals surface area contributed by atoms with E-state index in [2.05, 4.69) is 73.3 Å². The Morgan fingerprint density at radius 3 is 2.05 bits per heavy atom. The molecule has 0 radical (unpaired) electrons. The summed E-state index contributed by atoms with van der Waals surface area (Å²) in [7, 11) is 0. The van der Waals surface area contributed by atoms with Crippen molar-refractivity contribution in [2.75, 3.05) is 11.4 Å². The van der Waals surface area contributed by atoms with Crippen molar-refractivity contribution in [1.29, 1.82) is 0 Å². The van der Waals surface area contributed by atoms with E-state index in [-0.39, 0.29) is 0 Å². The summed E-state index contributed by atoms with van der Waals surface area (Å²) in [5, 5.41) is 0. The normalized spacial score (nSPS) is 14.4. The van der Waals surface area contributed by atoms with Crippen molar-refractivity contribution in [2.45, 2.75) is 39.2 Å². The van der Waals surface area contributed by atoms with Crippen LogP contribution in [-0.4, -0.2) is 12.6 Å². The van der Waals surface area contributed by atoms with Crippen LogP contribution in [0.4, 0.5) is 5.69 Å². The summed E-state index contributed by atoms with van der Waals surface area (Å²) in [6.07, 6.45) is 3.62. The average molecular weight is 279 g/mol. The Hall–Kier alpha value is -1.76. The van der Waals surface area contributed by atoms with Crippen molar-refractivity contribution >= 4 is 5.69 Å². The maximum Gasteiger partial charge on any atom is 0.0370 e. The average Bonchev–Trinajstić information content (AvgIpc) is 2.92. The van der Waals surface area contributed by atoms with E-state index in [0.29, 0.717) is 6.04 Å². The molecule has 1 aliphatic carbocycles. The van der Waals surface area contributed by atoms with E-state index < -0.39 is 0 Å². The molecule has 0 aliphatic heterocycles. The highest BCUT2D eigenvalue weighted by Crippen LogP contribution is 2.29. The van der Waals surface area contributed by atoms with Gasteiger partial charge in [0.15, 0.2) is 0 Å². The van der Waals surface area contributed by atoms with Gasteiger partial charge in [0.2, 0.25) is 0 Å². The Bertz CT molecular complexity index is 548. The fraction of sp³-hybridized carbons (Fsp3) is 0.400. The number of fused-ring (bicyclic) bond motifs is 1. The zero-order chi connectivity index (χ0) is 14.7. The van der Waals surface area contributed by atoms with Gasteiger partial charge in [0.25, 0.3) is 0 Å². The molecule has 1 nitrogen and oxygen atoms in total. The topological polar surface area (TPSA) is 3.24 Å². The Labute approximate surface area is 128 Å². The molecule has 2 aromatic carbocycles. The van der Waals surface area contributed by atoms with Crippen LogP contribution in [0.5, 0.6) is 0 Å². The van der Waals surface area contributed by atoms with Crippen molar-refractivity contribution in [3.05, 3.63) is 65.7 Å². The van der Waals surface area contributed by atoms with E-state index in [0.717, 1.165) is 12.5 Å². The second-order valence-electron chi connectivity index (χ2n) is 6.54. The molecule has 21 heavy (non-hydrogen) atoms. The summed E-state index contributed by atoms with van der Waals surface area (Å²) in [4.78, 5) is 2.62. The summed E-state index contributed by atoms with van der Waals surface area (Å²) in [5.74, 6) is 0.750. The van der Waals surface area contributed by atoms with Crippen LogP contribution in [-0.2, 0) is 12.8 Å². The predicted octanol–water partition coefficient (Wildman–Crippen LogP) is 4.71. The molecule has 3 rings (SSSR count). The highest BCUT2D eigenvalue weighted by atomic mass is 15.2. The third-order valence-electron chi connectivity index (χ3n) is 4.51. The number of hydrogen-bond acceptors (Lipinski definition) is 1. The molecular formula is C20H25N. The SMILES string of the molecule is CC(C)CCN(c1ccccc1)C1Cc2ccccc2C1. The minimum atomic E-state index is 0.614. The van der Waals surface area contributed by atoms with Gasteiger partial charge in [-0.05, 0) is 48.4 Å². The Morgan fingerprint density at radius 2 is 1.48 bits per heavy atom. The largest absolute Gasteiger partial charge is 0.368 e. The van der Waals surface area contributed by atoms with E-state index in [9.17, 15) is 0 Å². The molecule has 2 aromatic rings. The fourth-order valence-electron chi connectivity index (χ4n) is 3.30. The summed E-state index contributed by atoms with van der Waals surface area (Å²) in [6.45, 7) is 5.78. The molecule has 0 heterocycles. The summed E-state index contributed by atoms with van der Waals surface area (Å²) in [6, 6.07) is 20.5. The first-order chi connectivity index (χ1) is 10.2. The number of anilines is 1. The first-order valence-corrected chi connectivity index (χ1v) is 8.12. The van der Waals surface area contributed by atoms with Crippen LogP contribution in [0.2, 0.25) is 0 Å². The van der Waals surface area contributed by atoms with Gasteiger partial charge >= 0.3 is 0 Å². The Morgan fingerprint density at radius 1 is 0.905 bits per heavy atom. The molecule has 0 fully saturated rings. The zero-order valence-electron chi connectivity index (χ0n) is 13.1. The van der Waals surface area contributed by atoms with Gasteiger partial charge in [0, 0.05) is 18.3 Å². The van der Waals surface area contributed by atoms with Gasteiger partial charge < -0.3 is 4.90 Å². The summed E-state index contributed by atoms with van der Waals surface area (Å²) < 4.78 is 0. The molecule has 110 valence electrons. The molecule has 0 atom stereocenters. The predicted molar refractivity (Wildman–Crippen MR) is 90.9 cm³/mol. The lowest BCUT2D eigenvalue weighted by molar-refractivity contribution is 0.532. The highest BCUT2D eigenvalue weighted by molar-refractivity contribution is 5.49. The van der Waals surface area contributed by atoms with Crippen LogP contribution >= 0.6 is 0 Å². The molecule has 0 saturated heterocycles. The second kappa shape index (κ2) is 6.34. The molecule has 1 heteroatoms. The lowest BCUT2D eigenvalue weighted by Gasteiger charge is -2.32. The molecule has 1 aliphatic rings. The van der Waals surface area contributed by atoms with Gasteiger partial charge in [-0.15, -0.1) is 0 Å². The standard InChI is InChI=1S/C20H25N/c1-16(2)12-13-21(19-10-4-3-5-11-19)20-14-17-8-6-7-9-18(17)15-20/h3-11,16,20H,12-15H2,1-2H3. The number of para-hydroxylation sites is 1. The molecule has 0 amide bonds. The Balaban J connectivity index is 1.80. The minimum Gasteiger partial charge on any atom is -0.368 e. The number of rotatable bonds is 5. The lowest BCUT2D eigenvalue weighted by Crippen LogP contribution is -2.37. The van der Waals surface area contributed by atoms with Gasteiger partial charge in [-0.1, -0.05) is 56.3 Å². The monoisotopic (exact) mass is 279 g/mol. The zero-order valence-corrected chi connectivity index (χ0v) is 13.1. The molecule has 0 bridgehead atoms.